The normalized spacial score (nSPS) is 14.1. The van der Waals surface area contributed by atoms with Crippen molar-refractivity contribution >= 4 is 10.3 Å². The van der Waals surface area contributed by atoms with Gasteiger partial charge in [0.05, 0.1) is 26.4 Å². The highest BCUT2D eigenvalue weighted by atomic mass is 32.2. The number of aliphatic hydroxyl groups excluding tert-OH is 2. The minimum Gasteiger partial charge on any atom is -0.497 e. The number of likely N-dealkylation sites (N-methyl/N-ethyl adjacent to an activating group) is 1. The zero-order valence-corrected chi connectivity index (χ0v) is 16.3. The minimum absolute atomic E-state index is 0.0838. The molecule has 156 valence electrons. The second-order valence-electron chi connectivity index (χ2n) is 5.95. The van der Waals surface area contributed by atoms with E-state index in [0.717, 1.165) is 5.75 Å². The molecule has 0 saturated carbocycles. The zero-order valence-electron chi connectivity index (χ0n) is 15.4. The van der Waals surface area contributed by atoms with Gasteiger partial charge in [-0.1, -0.05) is 0 Å². The van der Waals surface area contributed by atoms with Crippen LogP contribution in [0.4, 0.5) is 0 Å². The summed E-state index contributed by atoms with van der Waals surface area (Å²) in [6.45, 7) is 0.864. The second-order valence-corrected chi connectivity index (χ2v) is 7.19. The van der Waals surface area contributed by atoms with Crippen LogP contribution in [0.3, 0.4) is 0 Å². The Morgan fingerprint density at radius 3 is 2.33 bits per heavy atom. The minimum atomic E-state index is -4.33. The first-order valence-electron chi connectivity index (χ1n) is 8.31. The van der Waals surface area contributed by atoms with E-state index in [2.05, 4.69) is 0 Å². The van der Waals surface area contributed by atoms with Crippen molar-refractivity contribution in [1.29, 1.82) is 0 Å². The molecule has 2 unspecified atom stereocenters. The number of ether oxygens (including phenoxy) is 3. The largest absolute Gasteiger partial charge is 0.497 e. The maximum Gasteiger partial charge on any atom is 0.333 e. The van der Waals surface area contributed by atoms with Crippen LogP contribution in [0.2, 0.25) is 0 Å². The summed E-state index contributed by atoms with van der Waals surface area (Å²) in [6.07, 6.45) is -1.76. The topological polar surface area (TPSA) is 138 Å². The lowest BCUT2D eigenvalue weighted by atomic mass is 10.3. The van der Waals surface area contributed by atoms with E-state index in [1.807, 2.05) is 4.90 Å². The fourth-order valence-corrected chi connectivity index (χ4v) is 2.47. The molecule has 1 aromatic carbocycles. The first kappa shape index (κ1) is 23.6. The van der Waals surface area contributed by atoms with Crippen molar-refractivity contribution in [2.45, 2.75) is 12.2 Å². The number of nitrogens with one attached hydrogen (secondary N) is 1. The molecule has 4 N–H and O–H groups in total. The number of hydrogen-bond acceptors (Lipinski definition) is 8. The molecule has 0 bridgehead atoms. The fourth-order valence-electron chi connectivity index (χ4n) is 2.07. The summed E-state index contributed by atoms with van der Waals surface area (Å²) in [4.78, 5) is 1.84. The number of rotatable bonds is 14. The Hall–Kier alpha value is -1.47. The smallest absolute Gasteiger partial charge is 0.333 e. The van der Waals surface area contributed by atoms with E-state index < -0.39 is 22.5 Å². The maximum atomic E-state index is 10.5. The fraction of sp³-hybridized carbons (Fsp3) is 0.625. The van der Waals surface area contributed by atoms with E-state index in [0.29, 0.717) is 18.8 Å². The first-order chi connectivity index (χ1) is 12.7. The molecule has 1 rings (SSSR count). The Morgan fingerprint density at radius 2 is 1.74 bits per heavy atom. The quantitative estimate of drug-likeness (QED) is 0.229. The molecule has 10 nitrogen and oxygen atoms in total. The van der Waals surface area contributed by atoms with Crippen LogP contribution < -0.4 is 14.2 Å². The Balaban J connectivity index is 2.13. The molecule has 0 fully saturated rings. The predicted octanol–water partition coefficient (Wildman–Crippen LogP) is -0.863. The van der Waals surface area contributed by atoms with Gasteiger partial charge in [-0.25, -0.2) is 0 Å². The van der Waals surface area contributed by atoms with Gasteiger partial charge in [0.1, 0.15) is 24.2 Å². The first-order valence-corrected chi connectivity index (χ1v) is 9.75. The van der Waals surface area contributed by atoms with Gasteiger partial charge in [-0.15, -0.1) is 0 Å². The third kappa shape index (κ3) is 11.8. The van der Waals surface area contributed by atoms with Gasteiger partial charge in [0.2, 0.25) is 0 Å². The summed E-state index contributed by atoms with van der Waals surface area (Å²) in [5.41, 5.74) is 0. The highest BCUT2D eigenvalue weighted by molar-refractivity contribution is 7.83. The summed E-state index contributed by atoms with van der Waals surface area (Å²) < 4.78 is 47.0. The average molecular weight is 408 g/mol. The van der Waals surface area contributed by atoms with E-state index in [-0.39, 0.29) is 26.4 Å². The van der Waals surface area contributed by atoms with Gasteiger partial charge in [0.15, 0.2) is 0 Å². The van der Waals surface area contributed by atoms with Gasteiger partial charge < -0.3 is 29.3 Å². The highest BCUT2D eigenvalue weighted by Gasteiger charge is 2.11. The number of benzene rings is 1. The molecule has 0 aliphatic carbocycles. The van der Waals surface area contributed by atoms with Crippen molar-refractivity contribution in [3.05, 3.63) is 24.3 Å². The van der Waals surface area contributed by atoms with Crippen molar-refractivity contribution in [2.24, 2.45) is 0 Å². The number of methoxy groups -OCH3 is 1. The molecule has 1 aromatic rings. The van der Waals surface area contributed by atoms with Gasteiger partial charge in [0, 0.05) is 19.6 Å². The van der Waals surface area contributed by atoms with Crippen molar-refractivity contribution in [3.8, 4) is 11.5 Å². The Morgan fingerprint density at radius 1 is 1.11 bits per heavy atom. The van der Waals surface area contributed by atoms with Gasteiger partial charge in [-0.2, -0.15) is 13.1 Å². The summed E-state index contributed by atoms with van der Waals surface area (Å²) in [5.74, 6) is 1.36. The molecule has 0 heterocycles. The molecule has 0 aliphatic heterocycles. The van der Waals surface area contributed by atoms with Crippen molar-refractivity contribution in [1.82, 2.24) is 9.62 Å². The Labute approximate surface area is 159 Å². The molecule has 0 radical (unpaired) electrons. The monoisotopic (exact) mass is 408 g/mol. The predicted molar refractivity (Wildman–Crippen MR) is 98.4 cm³/mol. The van der Waals surface area contributed by atoms with Gasteiger partial charge >= 0.3 is 10.3 Å². The molecule has 27 heavy (non-hydrogen) atoms. The van der Waals surface area contributed by atoms with E-state index >= 15 is 0 Å². The lowest BCUT2D eigenvalue weighted by Gasteiger charge is -2.21. The molecule has 2 atom stereocenters. The van der Waals surface area contributed by atoms with Crippen LogP contribution in [0.25, 0.3) is 0 Å². The number of nitrogens with zero attached hydrogens (tertiary/aromatic N) is 1. The average Bonchev–Trinajstić information content (AvgIpc) is 2.61. The molecule has 0 aliphatic rings. The molecule has 0 aromatic heterocycles. The third-order valence-corrected chi connectivity index (χ3v) is 3.98. The second kappa shape index (κ2) is 12.1. The van der Waals surface area contributed by atoms with E-state index in [4.69, 9.17) is 18.8 Å². The van der Waals surface area contributed by atoms with Crippen LogP contribution >= 0.6 is 0 Å². The van der Waals surface area contributed by atoms with Crippen molar-refractivity contribution < 1.29 is 37.4 Å². The Bertz CT molecular complexity index is 626. The molecule has 11 heteroatoms. The summed E-state index contributed by atoms with van der Waals surface area (Å²) in [6, 6.07) is 7.05. The SMILES string of the molecule is COc1ccc(OCC(O)CN(C)CCOCC(O)CNS(=O)(=O)O)cc1. The molecule has 0 spiro atoms. The van der Waals surface area contributed by atoms with E-state index in [1.165, 1.54) is 0 Å². The van der Waals surface area contributed by atoms with Crippen LogP contribution in [-0.2, 0) is 15.0 Å². The van der Waals surface area contributed by atoms with E-state index in [9.17, 15) is 18.6 Å². The van der Waals surface area contributed by atoms with Crippen LogP contribution in [0, 0.1) is 0 Å². The molecular weight excluding hydrogens is 380 g/mol. The molecular formula is C16H28N2O8S. The van der Waals surface area contributed by atoms with Crippen LogP contribution in [-0.4, -0.2) is 93.9 Å². The summed E-state index contributed by atoms with van der Waals surface area (Å²) >= 11 is 0. The van der Waals surface area contributed by atoms with Crippen LogP contribution in [0.15, 0.2) is 24.3 Å². The van der Waals surface area contributed by atoms with Crippen molar-refractivity contribution in [3.63, 3.8) is 0 Å². The summed E-state index contributed by atoms with van der Waals surface area (Å²) in [7, 11) is -0.944. The van der Waals surface area contributed by atoms with Gasteiger partial charge in [-0.05, 0) is 31.3 Å². The summed E-state index contributed by atoms with van der Waals surface area (Å²) in [5, 5.41) is 19.5. The van der Waals surface area contributed by atoms with Crippen LogP contribution in [0.1, 0.15) is 0 Å². The highest BCUT2D eigenvalue weighted by Crippen LogP contribution is 2.17. The molecule has 0 amide bonds. The van der Waals surface area contributed by atoms with Gasteiger partial charge in [0.25, 0.3) is 0 Å². The zero-order chi connectivity index (χ0) is 20.3. The van der Waals surface area contributed by atoms with Crippen molar-refractivity contribution in [2.75, 3.05) is 53.6 Å². The maximum absolute atomic E-state index is 10.5. The number of hydrogen-bond donors (Lipinski definition) is 4. The molecule has 0 saturated heterocycles. The number of aliphatic hydroxyl groups is 2. The lowest BCUT2D eigenvalue weighted by Crippen LogP contribution is -2.36. The standard InChI is InChI=1S/C16H28N2O8S/c1-18(7-8-25-11-13(19)9-17-27(21,22)23)10-14(20)12-26-16-5-3-15(24-2)4-6-16/h3-6,13-14,17,19-20H,7-12H2,1-2H3,(H,21,22,23). The lowest BCUT2D eigenvalue weighted by molar-refractivity contribution is 0.0231. The van der Waals surface area contributed by atoms with E-state index in [1.54, 1.807) is 43.1 Å². The Kier molecular flexibility index (Phi) is 10.5. The van der Waals surface area contributed by atoms with Crippen LogP contribution in [0.5, 0.6) is 11.5 Å². The van der Waals surface area contributed by atoms with Gasteiger partial charge in [-0.3, -0.25) is 4.55 Å². The third-order valence-electron chi connectivity index (χ3n) is 3.45.